The zero-order valence-electron chi connectivity index (χ0n) is 10.9. The van der Waals surface area contributed by atoms with Gasteiger partial charge in [0.15, 0.2) is 11.6 Å². The lowest BCUT2D eigenvalue weighted by Crippen LogP contribution is -2.32. The molecule has 0 amide bonds. The fourth-order valence-corrected chi connectivity index (χ4v) is 2.59. The van der Waals surface area contributed by atoms with Crippen molar-refractivity contribution in [2.24, 2.45) is 0 Å². The Labute approximate surface area is 111 Å². The Morgan fingerprint density at radius 1 is 1.32 bits per heavy atom. The Bertz CT molecular complexity index is 417. The molecule has 1 aliphatic heterocycles. The largest absolute Gasteiger partial charge is 0.432 e. The minimum atomic E-state index is -2.99. The highest BCUT2D eigenvalue weighted by atomic mass is 19.3. The van der Waals surface area contributed by atoms with Gasteiger partial charge in [0.05, 0.1) is 0 Å². The SMILES string of the molecule is CCN1CCC(c2cccc(OC(F)F)c2F)CC1. The van der Waals surface area contributed by atoms with Gasteiger partial charge in [0, 0.05) is 0 Å². The number of alkyl halides is 2. The minimum Gasteiger partial charge on any atom is -0.432 e. The number of hydrogen-bond acceptors (Lipinski definition) is 2. The summed E-state index contributed by atoms with van der Waals surface area (Å²) in [7, 11) is 0. The summed E-state index contributed by atoms with van der Waals surface area (Å²) in [5, 5.41) is 0. The molecule has 0 aliphatic carbocycles. The smallest absolute Gasteiger partial charge is 0.387 e. The molecule has 0 bridgehead atoms. The van der Waals surface area contributed by atoms with E-state index in [-0.39, 0.29) is 11.7 Å². The van der Waals surface area contributed by atoms with Crippen LogP contribution >= 0.6 is 0 Å². The first kappa shape index (κ1) is 14.2. The maximum Gasteiger partial charge on any atom is 0.387 e. The maximum atomic E-state index is 14.1. The lowest BCUT2D eigenvalue weighted by atomic mass is 9.89. The van der Waals surface area contributed by atoms with Crippen LogP contribution in [-0.4, -0.2) is 31.1 Å². The van der Waals surface area contributed by atoms with Crippen LogP contribution < -0.4 is 4.74 Å². The number of benzene rings is 1. The van der Waals surface area contributed by atoms with E-state index in [1.165, 1.54) is 6.07 Å². The highest BCUT2D eigenvalue weighted by Gasteiger charge is 2.24. The minimum absolute atomic E-state index is 0.0871. The van der Waals surface area contributed by atoms with E-state index < -0.39 is 12.4 Å². The predicted molar refractivity (Wildman–Crippen MR) is 67.1 cm³/mol. The molecular formula is C14H18F3NO. The van der Waals surface area contributed by atoms with Gasteiger partial charge in [-0.25, -0.2) is 4.39 Å². The second-order valence-corrected chi connectivity index (χ2v) is 4.75. The molecule has 0 unspecified atom stereocenters. The second-order valence-electron chi connectivity index (χ2n) is 4.75. The fourth-order valence-electron chi connectivity index (χ4n) is 2.59. The number of rotatable bonds is 4. The molecule has 1 aromatic carbocycles. The van der Waals surface area contributed by atoms with Crippen molar-refractivity contribution in [3.8, 4) is 5.75 Å². The monoisotopic (exact) mass is 273 g/mol. The van der Waals surface area contributed by atoms with Crippen molar-refractivity contribution < 1.29 is 17.9 Å². The Morgan fingerprint density at radius 3 is 2.58 bits per heavy atom. The van der Waals surface area contributed by atoms with Crippen molar-refractivity contribution in [2.45, 2.75) is 32.3 Å². The van der Waals surface area contributed by atoms with Crippen molar-refractivity contribution >= 4 is 0 Å². The Balaban J connectivity index is 2.12. The van der Waals surface area contributed by atoms with Crippen LogP contribution in [0.25, 0.3) is 0 Å². The van der Waals surface area contributed by atoms with Crippen molar-refractivity contribution in [1.82, 2.24) is 4.90 Å². The van der Waals surface area contributed by atoms with E-state index in [0.717, 1.165) is 32.5 Å². The summed E-state index contributed by atoms with van der Waals surface area (Å²) in [5.41, 5.74) is 0.494. The van der Waals surface area contributed by atoms with Crippen molar-refractivity contribution in [1.29, 1.82) is 0 Å². The van der Waals surface area contributed by atoms with Crippen molar-refractivity contribution in [3.63, 3.8) is 0 Å². The van der Waals surface area contributed by atoms with Gasteiger partial charge in [-0.2, -0.15) is 8.78 Å². The van der Waals surface area contributed by atoms with E-state index >= 15 is 0 Å². The molecule has 2 rings (SSSR count). The highest BCUT2D eigenvalue weighted by Crippen LogP contribution is 2.33. The Hall–Kier alpha value is -1.23. The van der Waals surface area contributed by atoms with Gasteiger partial charge in [-0.05, 0) is 50.0 Å². The van der Waals surface area contributed by atoms with Gasteiger partial charge >= 0.3 is 6.61 Å². The van der Waals surface area contributed by atoms with Crippen molar-refractivity contribution in [3.05, 3.63) is 29.6 Å². The molecule has 0 spiro atoms. The molecule has 106 valence electrons. The molecular weight excluding hydrogens is 255 g/mol. The van der Waals surface area contributed by atoms with E-state index in [2.05, 4.69) is 16.6 Å². The third-order valence-electron chi connectivity index (χ3n) is 3.68. The van der Waals surface area contributed by atoms with E-state index in [1.807, 2.05) is 0 Å². The van der Waals surface area contributed by atoms with Crippen LogP contribution in [0.2, 0.25) is 0 Å². The summed E-state index contributed by atoms with van der Waals surface area (Å²) in [6.07, 6.45) is 1.70. The normalized spacial score (nSPS) is 17.9. The second kappa shape index (κ2) is 6.28. The number of piperidine rings is 1. The molecule has 0 aromatic heterocycles. The predicted octanol–water partition coefficient (Wildman–Crippen LogP) is 3.63. The molecule has 1 saturated heterocycles. The van der Waals surface area contributed by atoms with Crippen molar-refractivity contribution in [2.75, 3.05) is 19.6 Å². The first-order valence-corrected chi connectivity index (χ1v) is 6.57. The number of ether oxygens (including phenoxy) is 1. The van der Waals surface area contributed by atoms with Gasteiger partial charge < -0.3 is 9.64 Å². The lowest BCUT2D eigenvalue weighted by Gasteiger charge is -2.31. The molecule has 1 heterocycles. The van der Waals surface area contributed by atoms with E-state index in [0.29, 0.717) is 5.56 Å². The number of hydrogen-bond donors (Lipinski definition) is 0. The van der Waals surface area contributed by atoms with Gasteiger partial charge in [-0.3, -0.25) is 0 Å². The number of halogens is 3. The van der Waals surface area contributed by atoms with Crippen LogP contribution in [0.4, 0.5) is 13.2 Å². The van der Waals surface area contributed by atoms with Crippen LogP contribution in [0.5, 0.6) is 5.75 Å². The molecule has 1 fully saturated rings. The summed E-state index contributed by atoms with van der Waals surface area (Å²) in [4.78, 5) is 2.30. The van der Waals surface area contributed by atoms with Gasteiger partial charge in [0.1, 0.15) is 0 Å². The zero-order valence-corrected chi connectivity index (χ0v) is 10.9. The first-order valence-electron chi connectivity index (χ1n) is 6.57. The summed E-state index contributed by atoms with van der Waals surface area (Å²) < 4.78 is 42.7. The van der Waals surface area contributed by atoms with Crippen LogP contribution in [0.1, 0.15) is 31.2 Å². The van der Waals surface area contributed by atoms with Crippen LogP contribution in [0.3, 0.4) is 0 Å². The molecule has 5 heteroatoms. The summed E-state index contributed by atoms with van der Waals surface area (Å²) >= 11 is 0. The zero-order chi connectivity index (χ0) is 13.8. The molecule has 0 saturated carbocycles. The first-order chi connectivity index (χ1) is 9.11. The van der Waals surface area contributed by atoms with Gasteiger partial charge in [0.25, 0.3) is 0 Å². The third kappa shape index (κ3) is 3.41. The number of nitrogens with zero attached hydrogens (tertiary/aromatic N) is 1. The topological polar surface area (TPSA) is 12.5 Å². The molecule has 19 heavy (non-hydrogen) atoms. The van der Waals surface area contributed by atoms with Gasteiger partial charge in [0.2, 0.25) is 0 Å². The average Bonchev–Trinajstić information content (AvgIpc) is 2.41. The molecule has 1 aromatic rings. The van der Waals surface area contributed by atoms with Gasteiger partial charge in [-0.15, -0.1) is 0 Å². The Kier molecular flexibility index (Phi) is 4.69. The van der Waals surface area contributed by atoms with E-state index in [1.54, 1.807) is 12.1 Å². The molecule has 0 radical (unpaired) electrons. The quantitative estimate of drug-likeness (QED) is 0.830. The fraction of sp³-hybridized carbons (Fsp3) is 0.571. The molecule has 2 nitrogen and oxygen atoms in total. The molecule has 1 aliphatic rings. The van der Waals surface area contributed by atoms with E-state index in [4.69, 9.17) is 0 Å². The molecule has 0 atom stereocenters. The lowest BCUT2D eigenvalue weighted by molar-refractivity contribution is -0.0523. The van der Waals surface area contributed by atoms with Gasteiger partial charge in [-0.1, -0.05) is 19.1 Å². The summed E-state index contributed by atoms with van der Waals surface area (Å²) in [5.74, 6) is -0.910. The average molecular weight is 273 g/mol. The Morgan fingerprint density at radius 2 is 2.00 bits per heavy atom. The maximum absolute atomic E-state index is 14.1. The van der Waals surface area contributed by atoms with Crippen LogP contribution in [-0.2, 0) is 0 Å². The van der Waals surface area contributed by atoms with E-state index in [9.17, 15) is 13.2 Å². The third-order valence-corrected chi connectivity index (χ3v) is 3.68. The summed E-state index contributed by atoms with van der Waals surface area (Å²) in [6, 6.07) is 4.48. The van der Waals surface area contributed by atoms with Crippen LogP contribution in [0, 0.1) is 5.82 Å². The summed E-state index contributed by atoms with van der Waals surface area (Å²) in [6.45, 7) is 1.93. The standard InChI is InChI=1S/C14H18F3NO/c1-2-18-8-6-10(7-9-18)11-4-3-5-12(13(11)15)19-14(16)17/h3-5,10,14H,2,6-9H2,1H3. The van der Waals surface area contributed by atoms with Crippen LogP contribution in [0.15, 0.2) is 18.2 Å². The molecule has 0 N–H and O–H groups in total. The highest BCUT2D eigenvalue weighted by molar-refractivity contribution is 5.33. The number of likely N-dealkylation sites (tertiary alicyclic amines) is 1.